The van der Waals surface area contributed by atoms with Gasteiger partial charge in [-0.2, -0.15) is 0 Å². The summed E-state index contributed by atoms with van der Waals surface area (Å²) in [7, 11) is -3.21. The smallest absolute Gasteiger partial charge is 0.237 e. The van der Waals surface area contributed by atoms with Crippen LogP contribution in [-0.2, 0) is 14.6 Å². The molecule has 0 aromatic heterocycles. The average Bonchev–Trinajstić information content (AvgIpc) is 2.34. The van der Waals surface area contributed by atoms with Gasteiger partial charge in [0.05, 0.1) is 17.8 Å². The van der Waals surface area contributed by atoms with E-state index in [0.717, 1.165) is 18.4 Å². The lowest BCUT2D eigenvalue weighted by Crippen LogP contribution is -2.42. The van der Waals surface area contributed by atoms with Crippen molar-refractivity contribution in [3.8, 4) is 0 Å². The van der Waals surface area contributed by atoms with Gasteiger partial charge in [0.15, 0.2) is 0 Å². The van der Waals surface area contributed by atoms with Crippen LogP contribution < -0.4 is 11.1 Å². The number of nitrogens with one attached hydrogen (secondary N) is 1. The number of benzene rings is 1. The molecule has 0 saturated carbocycles. The molecule has 1 rings (SSSR count). The molecule has 0 aliphatic rings. The third kappa shape index (κ3) is 5.76. The van der Waals surface area contributed by atoms with Gasteiger partial charge in [-0.15, -0.1) is 0 Å². The molecule has 0 bridgehead atoms. The molecule has 8 heteroatoms. The van der Waals surface area contributed by atoms with Crippen LogP contribution in [0.2, 0.25) is 0 Å². The van der Waals surface area contributed by atoms with E-state index in [4.69, 9.17) is 5.73 Å². The monoisotopic (exact) mass is 320 g/mol. The highest BCUT2D eigenvalue weighted by molar-refractivity contribution is 7.90. The zero-order valence-electron chi connectivity index (χ0n) is 11.8. The minimum Gasteiger partial charge on any atom is -0.348 e. The number of carbonyl (C=O) groups excluding carboxylic acids is 1. The van der Waals surface area contributed by atoms with Crippen LogP contribution >= 0.6 is 0 Å². The van der Waals surface area contributed by atoms with E-state index in [2.05, 4.69) is 5.32 Å². The van der Waals surface area contributed by atoms with Crippen molar-refractivity contribution in [2.24, 2.45) is 5.73 Å². The lowest BCUT2D eigenvalue weighted by molar-refractivity contribution is -0.123. The first-order valence-electron chi connectivity index (χ1n) is 6.29. The molecule has 0 spiro atoms. The molecule has 0 aliphatic heterocycles. The van der Waals surface area contributed by atoms with Gasteiger partial charge in [-0.1, -0.05) is 6.07 Å². The molecule has 3 N–H and O–H groups in total. The molecule has 2 unspecified atom stereocenters. The van der Waals surface area contributed by atoms with E-state index in [0.29, 0.717) is 0 Å². The summed E-state index contributed by atoms with van der Waals surface area (Å²) in [6, 6.07) is 1.33. The number of amides is 1. The Balaban J connectivity index is 2.65. The lowest BCUT2D eigenvalue weighted by atomic mass is 10.1. The number of nitrogens with two attached hydrogens (primary N) is 1. The van der Waals surface area contributed by atoms with Crippen LogP contribution in [0.4, 0.5) is 8.78 Å². The van der Waals surface area contributed by atoms with Crippen molar-refractivity contribution in [1.29, 1.82) is 0 Å². The van der Waals surface area contributed by atoms with Gasteiger partial charge in [0.1, 0.15) is 21.5 Å². The Morgan fingerprint density at radius 1 is 1.38 bits per heavy atom. The Morgan fingerprint density at radius 3 is 2.52 bits per heavy atom. The van der Waals surface area contributed by atoms with E-state index in [1.54, 1.807) is 0 Å². The van der Waals surface area contributed by atoms with Gasteiger partial charge in [0.2, 0.25) is 5.91 Å². The Morgan fingerprint density at radius 2 is 2.00 bits per heavy atom. The predicted octanol–water partition coefficient (Wildman–Crippen LogP) is 0.904. The lowest BCUT2D eigenvalue weighted by Gasteiger charge is -2.18. The van der Waals surface area contributed by atoms with Gasteiger partial charge in [-0.3, -0.25) is 4.79 Å². The molecule has 1 aromatic rings. The molecule has 21 heavy (non-hydrogen) atoms. The summed E-state index contributed by atoms with van der Waals surface area (Å²) in [5.74, 6) is -2.28. The second kappa shape index (κ2) is 6.95. The van der Waals surface area contributed by atoms with Crippen molar-refractivity contribution in [3.05, 3.63) is 35.4 Å². The van der Waals surface area contributed by atoms with Crippen LogP contribution in [0.3, 0.4) is 0 Å². The highest BCUT2D eigenvalue weighted by Crippen LogP contribution is 2.17. The number of sulfone groups is 1. The van der Waals surface area contributed by atoms with E-state index in [-0.39, 0.29) is 17.7 Å². The second-order valence-corrected chi connectivity index (χ2v) is 7.18. The number of halogens is 2. The Hall–Kier alpha value is -1.54. The van der Waals surface area contributed by atoms with Gasteiger partial charge in [0, 0.05) is 17.9 Å². The number of carbonyl (C=O) groups is 1. The SMILES string of the molecule is CC(NC(=O)C(N)CCS(C)(=O)=O)c1ccc(F)cc1F. The van der Waals surface area contributed by atoms with Crippen molar-refractivity contribution in [1.82, 2.24) is 5.32 Å². The summed E-state index contributed by atoms with van der Waals surface area (Å²) >= 11 is 0. The van der Waals surface area contributed by atoms with Crippen LogP contribution in [0.25, 0.3) is 0 Å². The number of hydrogen-bond acceptors (Lipinski definition) is 4. The average molecular weight is 320 g/mol. The van der Waals surface area contributed by atoms with Gasteiger partial charge < -0.3 is 11.1 Å². The van der Waals surface area contributed by atoms with Crippen molar-refractivity contribution >= 4 is 15.7 Å². The van der Waals surface area contributed by atoms with Gasteiger partial charge in [0.25, 0.3) is 0 Å². The van der Waals surface area contributed by atoms with E-state index in [1.807, 2.05) is 0 Å². The predicted molar refractivity (Wildman–Crippen MR) is 75.2 cm³/mol. The third-order valence-electron chi connectivity index (χ3n) is 2.92. The standard InChI is InChI=1S/C13H18F2N2O3S/c1-8(10-4-3-9(14)7-11(10)15)17-13(18)12(16)5-6-21(2,19)20/h3-4,7-8,12H,5-6,16H2,1-2H3,(H,17,18). The molecule has 0 fully saturated rings. The maximum Gasteiger partial charge on any atom is 0.237 e. The largest absolute Gasteiger partial charge is 0.348 e. The van der Waals surface area contributed by atoms with E-state index >= 15 is 0 Å². The summed E-state index contributed by atoms with van der Waals surface area (Å²) < 4.78 is 48.4. The van der Waals surface area contributed by atoms with Gasteiger partial charge in [-0.05, 0) is 19.4 Å². The molecule has 5 nitrogen and oxygen atoms in total. The molecule has 0 aliphatic carbocycles. The number of rotatable bonds is 6. The van der Waals surface area contributed by atoms with Crippen molar-refractivity contribution in [3.63, 3.8) is 0 Å². The molecule has 0 saturated heterocycles. The van der Waals surface area contributed by atoms with Crippen LogP contribution in [0, 0.1) is 11.6 Å². The Bertz CT molecular complexity index is 620. The molecule has 118 valence electrons. The summed E-state index contributed by atoms with van der Waals surface area (Å²) in [4.78, 5) is 11.8. The molecule has 0 heterocycles. The summed E-state index contributed by atoms with van der Waals surface area (Å²) in [5.41, 5.74) is 5.71. The normalized spacial score (nSPS) is 14.5. The minimum atomic E-state index is -3.21. The van der Waals surface area contributed by atoms with Crippen LogP contribution in [0.5, 0.6) is 0 Å². The zero-order chi connectivity index (χ0) is 16.2. The van der Waals surface area contributed by atoms with Crippen LogP contribution in [0.1, 0.15) is 24.9 Å². The van der Waals surface area contributed by atoms with E-state index < -0.39 is 39.5 Å². The Labute approximate surface area is 122 Å². The molecule has 1 amide bonds. The topological polar surface area (TPSA) is 89.3 Å². The first kappa shape index (κ1) is 17.5. The molecule has 2 atom stereocenters. The summed E-state index contributed by atoms with van der Waals surface area (Å²) in [6.45, 7) is 1.53. The zero-order valence-corrected chi connectivity index (χ0v) is 12.6. The quantitative estimate of drug-likeness (QED) is 0.815. The van der Waals surface area contributed by atoms with Crippen LogP contribution in [0.15, 0.2) is 18.2 Å². The van der Waals surface area contributed by atoms with Crippen molar-refractivity contribution in [2.45, 2.75) is 25.4 Å². The molecule has 1 aromatic carbocycles. The summed E-state index contributed by atoms with van der Waals surface area (Å²) in [5, 5.41) is 2.47. The highest BCUT2D eigenvalue weighted by Gasteiger charge is 2.20. The molecule has 0 radical (unpaired) electrons. The van der Waals surface area contributed by atoms with Gasteiger partial charge in [-0.25, -0.2) is 17.2 Å². The first-order valence-corrected chi connectivity index (χ1v) is 8.35. The minimum absolute atomic E-state index is 0.0245. The van der Waals surface area contributed by atoms with E-state index in [1.165, 1.54) is 13.0 Å². The Kier molecular flexibility index (Phi) is 5.79. The fourth-order valence-electron chi connectivity index (χ4n) is 1.72. The van der Waals surface area contributed by atoms with Crippen molar-refractivity contribution < 1.29 is 22.0 Å². The molecular weight excluding hydrogens is 302 g/mol. The van der Waals surface area contributed by atoms with Gasteiger partial charge >= 0.3 is 0 Å². The van der Waals surface area contributed by atoms with Crippen LogP contribution in [-0.4, -0.2) is 32.4 Å². The second-order valence-electron chi connectivity index (χ2n) is 4.92. The van der Waals surface area contributed by atoms with Crippen molar-refractivity contribution in [2.75, 3.05) is 12.0 Å². The fourth-order valence-corrected chi connectivity index (χ4v) is 2.41. The fraction of sp³-hybridized carbons (Fsp3) is 0.462. The maximum atomic E-state index is 13.6. The first-order chi connectivity index (χ1) is 9.60. The maximum absolute atomic E-state index is 13.6. The summed E-state index contributed by atoms with van der Waals surface area (Å²) in [6.07, 6.45) is 1.03. The number of hydrogen-bond donors (Lipinski definition) is 2. The van der Waals surface area contributed by atoms with E-state index in [9.17, 15) is 22.0 Å². The third-order valence-corrected chi connectivity index (χ3v) is 3.90. The highest BCUT2D eigenvalue weighted by atomic mass is 32.2. The molecular formula is C13H18F2N2O3S.